The van der Waals surface area contributed by atoms with Crippen molar-refractivity contribution in [3.63, 3.8) is 0 Å². The zero-order valence-electron chi connectivity index (χ0n) is 16.5. The maximum absolute atomic E-state index is 10.3. The van der Waals surface area contributed by atoms with E-state index >= 15 is 0 Å². The Bertz CT molecular complexity index is 311. The second kappa shape index (κ2) is 16.8. The molecule has 0 aromatic heterocycles. The topological polar surface area (TPSA) is 74.6 Å². The zero-order valence-corrected chi connectivity index (χ0v) is 16.5. The molecule has 0 aliphatic carbocycles. The van der Waals surface area contributed by atoms with Gasteiger partial charge in [-0.2, -0.15) is 0 Å². The minimum absolute atomic E-state index is 0.318. The van der Waals surface area contributed by atoms with E-state index in [-0.39, 0.29) is 0 Å². The number of carbonyl (C=O) groups is 2. The lowest BCUT2D eigenvalue weighted by atomic mass is 9.97. The highest BCUT2D eigenvalue weighted by molar-refractivity contribution is 5.67. The lowest BCUT2D eigenvalue weighted by Crippen LogP contribution is -2.04. The SMILES string of the molecule is CC(C)CCCC(C)CC(=O)O.CC(C)CCCCCCC(=O)O. The average molecular weight is 345 g/mol. The van der Waals surface area contributed by atoms with Crippen molar-refractivity contribution in [3.8, 4) is 0 Å². The van der Waals surface area contributed by atoms with E-state index in [1.54, 1.807) is 0 Å². The molecule has 4 nitrogen and oxygen atoms in total. The minimum atomic E-state index is -0.674. The van der Waals surface area contributed by atoms with Crippen molar-refractivity contribution in [2.24, 2.45) is 17.8 Å². The van der Waals surface area contributed by atoms with Gasteiger partial charge in [-0.3, -0.25) is 9.59 Å². The number of aliphatic carboxylic acids is 2. The van der Waals surface area contributed by atoms with Crippen LogP contribution in [0.25, 0.3) is 0 Å². The fraction of sp³-hybridized carbons (Fsp3) is 0.900. The molecule has 0 aromatic carbocycles. The van der Waals surface area contributed by atoms with Crippen LogP contribution in [0.2, 0.25) is 0 Å². The van der Waals surface area contributed by atoms with Gasteiger partial charge in [0.25, 0.3) is 0 Å². The van der Waals surface area contributed by atoms with Crippen LogP contribution in [0.3, 0.4) is 0 Å². The molecule has 0 saturated heterocycles. The van der Waals surface area contributed by atoms with Gasteiger partial charge in [-0.1, -0.05) is 79.6 Å². The van der Waals surface area contributed by atoms with Crippen LogP contribution in [0.1, 0.15) is 98.8 Å². The van der Waals surface area contributed by atoms with Crippen molar-refractivity contribution in [1.29, 1.82) is 0 Å². The van der Waals surface area contributed by atoms with E-state index in [0.29, 0.717) is 18.8 Å². The highest BCUT2D eigenvalue weighted by atomic mass is 16.4. The van der Waals surface area contributed by atoms with Gasteiger partial charge in [-0.05, 0) is 24.2 Å². The zero-order chi connectivity index (χ0) is 19.0. The lowest BCUT2D eigenvalue weighted by molar-refractivity contribution is -0.138. The van der Waals surface area contributed by atoms with Crippen LogP contribution < -0.4 is 0 Å². The number of carboxylic acids is 2. The number of rotatable bonds is 13. The first-order valence-electron chi connectivity index (χ1n) is 9.58. The maximum Gasteiger partial charge on any atom is 0.303 e. The van der Waals surface area contributed by atoms with Gasteiger partial charge in [0.15, 0.2) is 0 Å². The van der Waals surface area contributed by atoms with Crippen LogP contribution in [-0.2, 0) is 9.59 Å². The Labute approximate surface area is 149 Å². The van der Waals surface area contributed by atoms with Gasteiger partial charge < -0.3 is 10.2 Å². The second-order valence-electron chi connectivity index (χ2n) is 7.77. The standard InChI is InChI=1S/2C10H20O2/c1-8(2)5-4-6-9(3)7-10(11)12;1-9(2)7-5-3-4-6-8-10(11)12/h8-9H,4-7H2,1-3H3,(H,11,12);9H,3-8H2,1-2H3,(H,11,12). The molecule has 0 radical (unpaired) electrons. The molecule has 0 aromatic rings. The second-order valence-corrected chi connectivity index (χ2v) is 7.77. The first-order chi connectivity index (χ1) is 11.1. The number of hydrogen-bond acceptors (Lipinski definition) is 2. The monoisotopic (exact) mass is 344 g/mol. The third-order valence-electron chi connectivity index (χ3n) is 3.92. The molecule has 0 aliphatic heterocycles. The van der Waals surface area contributed by atoms with E-state index in [1.807, 2.05) is 6.92 Å². The van der Waals surface area contributed by atoms with Gasteiger partial charge in [0.2, 0.25) is 0 Å². The Kier molecular flexibility index (Phi) is 17.6. The molecule has 1 unspecified atom stereocenters. The highest BCUT2D eigenvalue weighted by Gasteiger charge is 2.07. The third-order valence-corrected chi connectivity index (χ3v) is 3.92. The quantitative estimate of drug-likeness (QED) is 0.402. The summed E-state index contributed by atoms with van der Waals surface area (Å²) >= 11 is 0. The van der Waals surface area contributed by atoms with Crippen molar-refractivity contribution in [3.05, 3.63) is 0 Å². The van der Waals surface area contributed by atoms with E-state index in [9.17, 15) is 9.59 Å². The van der Waals surface area contributed by atoms with Crippen LogP contribution in [0.15, 0.2) is 0 Å². The molecule has 2 N–H and O–H groups in total. The van der Waals surface area contributed by atoms with Crippen molar-refractivity contribution >= 4 is 11.9 Å². The van der Waals surface area contributed by atoms with E-state index < -0.39 is 11.9 Å². The molecular weight excluding hydrogens is 304 g/mol. The summed E-state index contributed by atoms with van der Waals surface area (Å²) in [6.45, 7) is 10.8. The predicted molar refractivity (Wildman–Crippen MR) is 100 cm³/mol. The van der Waals surface area contributed by atoms with E-state index in [1.165, 1.54) is 25.7 Å². The number of hydrogen-bond donors (Lipinski definition) is 2. The van der Waals surface area contributed by atoms with E-state index in [4.69, 9.17) is 10.2 Å². The molecule has 4 heteroatoms. The summed E-state index contributed by atoms with van der Waals surface area (Å²) in [7, 11) is 0. The molecular formula is C20H40O4. The van der Waals surface area contributed by atoms with Crippen LogP contribution in [0.4, 0.5) is 0 Å². The predicted octanol–water partition coefficient (Wildman–Crippen LogP) is 5.99. The normalized spacial score (nSPS) is 12.0. The van der Waals surface area contributed by atoms with Gasteiger partial charge in [-0.15, -0.1) is 0 Å². The number of unbranched alkanes of at least 4 members (excludes halogenated alkanes) is 3. The van der Waals surface area contributed by atoms with Crippen LogP contribution >= 0.6 is 0 Å². The molecule has 0 bridgehead atoms. The molecule has 24 heavy (non-hydrogen) atoms. The van der Waals surface area contributed by atoms with Gasteiger partial charge in [-0.25, -0.2) is 0 Å². The Morgan fingerprint density at radius 2 is 1.17 bits per heavy atom. The van der Waals surface area contributed by atoms with Gasteiger partial charge >= 0.3 is 11.9 Å². The highest BCUT2D eigenvalue weighted by Crippen LogP contribution is 2.14. The molecule has 0 spiro atoms. The Balaban J connectivity index is 0. The lowest BCUT2D eigenvalue weighted by Gasteiger charge is -2.09. The molecule has 0 saturated carbocycles. The Morgan fingerprint density at radius 3 is 1.62 bits per heavy atom. The number of carboxylic acid groups (broad SMARTS) is 2. The van der Waals surface area contributed by atoms with Crippen molar-refractivity contribution in [2.45, 2.75) is 98.8 Å². The maximum atomic E-state index is 10.3. The van der Waals surface area contributed by atoms with Crippen molar-refractivity contribution in [1.82, 2.24) is 0 Å². The molecule has 0 fully saturated rings. The van der Waals surface area contributed by atoms with Gasteiger partial charge in [0, 0.05) is 12.8 Å². The summed E-state index contributed by atoms with van der Waals surface area (Å²) in [6.07, 6.45) is 9.68. The fourth-order valence-electron chi connectivity index (χ4n) is 2.46. The smallest absolute Gasteiger partial charge is 0.303 e. The van der Waals surface area contributed by atoms with Crippen LogP contribution in [0, 0.1) is 17.8 Å². The summed E-state index contributed by atoms with van der Waals surface area (Å²) in [4.78, 5) is 20.4. The summed E-state index contributed by atoms with van der Waals surface area (Å²) in [5.41, 5.74) is 0. The first kappa shape index (κ1) is 25.2. The Morgan fingerprint density at radius 1 is 0.667 bits per heavy atom. The Hall–Kier alpha value is -1.06. The van der Waals surface area contributed by atoms with Crippen LogP contribution in [0.5, 0.6) is 0 Å². The molecule has 0 heterocycles. The molecule has 144 valence electrons. The largest absolute Gasteiger partial charge is 0.481 e. The van der Waals surface area contributed by atoms with Crippen molar-refractivity contribution in [2.75, 3.05) is 0 Å². The van der Waals surface area contributed by atoms with E-state index in [2.05, 4.69) is 27.7 Å². The third kappa shape index (κ3) is 25.9. The van der Waals surface area contributed by atoms with E-state index in [0.717, 1.165) is 37.5 Å². The summed E-state index contributed by atoms with van der Waals surface area (Å²) in [5, 5.41) is 16.9. The van der Waals surface area contributed by atoms with Crippen LogP contribution in [-0.4, -0.2) is 22.2 Å². The molecule has 0 aliphatic rings. The molecule has 0 rings (SSSR count). The average Bonchev–Trinajstić information content (AvgIpc) is 2.41. The molecule has 0 amide bonds. The summed E-state index contributed by atoms with van der Waals surface area (Å²) in [5.74, 6) is 0.513. The summed E-state index contributed by atoms with van der Waals surface area (Å²) in [6, 6.07) is 0. The van der Waals surface area contributed by atoms with Gasteiger partial charge in [0.1, 0.15) is 0 Å². The van der Waals surface area contributed by atoms with Gasteiger partial charge in [0.05, 0.1) is 0 Å². The fourth-order valence-corrected chi connectivity index (χ4v) is 2.46. The molecule has 1 atom stereocenters. The minimum Gasteiger partial charge on any atom is -0.481 e. The summed E-state index contributed by atoms with van der Waals surface area (Å²) < 4.78 is 0. The van der Waals surface area contributed by atoms with Crippen molar-refractivity contribution < 1.29 is 19.8 Å². The first-order valence-corrected chi connectivity index (χ1v) is 9.58.